The molecule has 2 aliphatic carbocycles. The summed E-state index contributed by atoms with van der Waals surface area (Å²) in [4.78, 5) is 52.6. The molecule has 2 saturated carbocycles. The van der Waals surface area contributed by atoms with Crippen LogP contribution in [0.3, 0.4) is 0 Å². The van der Waals surface area contributed by atoms with Crippen LogP contribution in [0.1, 0.15) is 79.4 Å². The molecule has 1 N–H and O–H groups in total. The van der Waals surface area contributed by atoms with Crippen LogP contribution in [0.15, 0.2) is 46.3 Å². The van der Waals surface area contributed by atoms with E-state index in [1.54, 1.807) is 26.0 Å². The van der Waals surface area contributed by atoms with Crippen LogP contribution in [-0.4, -0.2) is 59.7 Å². The predicted molar refractivity (Wildman–Crippen MR) is 156 cm³/mol. The summed E-state index contributed by atoms with van der Waals surface area (Å²) < 4.78 is 35.8. The van der Waals surface area contributed by atoms with Gasteiger partial charge in [-0.3, -0.25) is 9.59 Å². The fourth-order valence-electron chi connectivity index (χ4n) is 9.94. The van der Waals surface area contributed by atoms with Crippen LogP contribution in [0.5, 0.6) is 0 Å². The number of furan rings is 1. The summed E-state index contributed by atoms with van der Waals surface area (Å²) in [6, 6.07) is 1.74. The summed E-state index contributed by atoms with van der Waals surface area (Å²) >= 11 is 0. The number of allylic oxidation sites excluding steroid dienone is 1. The molecule has 45 heavy (non-hydrogen) atoms. The Bertz CT molecular complexity index is 1510. The maximum atomic E-state index is 13.6. The first-order valence-corrected chi connectivity index (χ1v) is 15.5. The normalized spacial score (nSPS) is 42.6. The fraction of sp³-hybridized carbons (Fsp3) is 0.647. The minimum Gasteiger partial charge on any atom is -0.472 e. The van der Waals surface area contributed by atoms with Crippen LogP contribution in [0.25, 0.3) is 0 Å². The largest absolute Gasteiger partial charge is 0.472 e. The summed E-state index contributed by atoms with van der Waals surface area (Å²) in [5.41, 5.74) is -2.87. The molecule has 4 fully saturated rings. The number of ether oxygens (including phenoxy) is 5. The highest BCUT2D eigenvalue weighted by Crippen LogP contribution is 2.81. The Kier molecular flexibility index (Phi) is 7.03. The van der Waals surface area contributed by atoms with Crippen molar-refractivity contribution < 1.29 is 52.4 Å². The van der Waals surface area contributed by atoms with E-state index in [1.165, 1.54) is 32.6 Å². The Morgan fingerprint density at radius 2 is 1.82 bits per heavy atom. The van der Waals surface area contributed by atoms with Gasteiger partial charge in [0, 0.05) is 52.7 Å². The molecule has 2 saturated heterocycles. The number of rotatable bonds is 6. The molecule has 4 heterocycles. The van der Waals surface area contributed by atoms with Crippen molar-refractivity contribution in [2.24, 2.45) is 34.0 Å². The number of hydrogen-bond acceptors (Lipinski definition) is 11. The van der Waals surface area contributed by atoms with Crippen LogP contribution in [-0.2, 0) is 42.9 Å². The predicted octanol–water partition coefficient (Wildman–Crippen LogP) is 4.34. The summed E-state index contributed by atoms with van der Waals surface area (Å²) in [6.07, 6.45) is 4.05. The molecule has 5 aliphatic rings. The van der Waals surface area contributed by atoms with Crippen LogP contribution < -0.4 is 0 Å². The van der Waals surface area contributed by atoms with Gasteiger partial charge in [-0.25, -0.2) is 9.59 Å². The van der Waals surface area contributed by atoms with Crippen molar-refractivity contribution in [3.8, 4) is 0 Å². The number of carbonyl (C=O) groups is 4. The minimum absolute atomic E-state index is 0.0825. The summed E-state index contributed by atoms with van der Waals surface area (Å²) in [7, 11) is 1.31. The van der Waals surface area contributed by atoms with Crippen molar-refractivity contribution in [2.45, 2.75) is 97.4 Å². The first-order chi connectivity index (χ1) is 21.0. The number of methoxy groups -OCH3 is 1. The van der Waals surface area contributed by atoms with E-state index in [0.717, 1.165) is 0 Å². The van der Waals surface area contributed by atoms with Gasteiger partial charge in [-0.15, -0.1) is 0 Å². The first-order valence-electron chi connectivity index (χ1n) is 15.5. The lowest BCUT2D eigenvalue weighted by molar-refractivity contribution is -0.325. The Hall–Kier alpha value is -3.44. The highest BCUT2D eigenvalue weighted by molar-refractivity contribution is 5.88. The molecule has 1 unspecified atom stereocenters. The van der Waals surface area contributed by atoms with Gasteiger partial charge < -0.3 is 33.2 Å². The second-order valence-electron chi connectivity index (χ2n) is 14.3. The molecule has 0 aromatic carbocycles. The van der Waals surface area contributed by atoms with Crippen molar-refractivity contribution in [3.63, 3.8) is 0 Å². The third-order valence-corrected chi connectivity index (χ3v) is 12.0. The number of cyclic esters (lactones) is 1. The van der Waals surface area contributed by atoms with Crippen molar-refractivity contribution in [1.29, 1.82) is 0 Å². The second kappa shape index (κ2) is 10.0. The molecule has 1 aromatic rings. The quantitative estimate of drug-likeness (QED) is 0.273. The standard InChI is InChI=1S/C34H42O11/c1-9-17(2)29(38)44-28-25-27(42-18(3)35)30(4,5)21(14-23(36)40-8)32(7)20-10-12-31(6)22(33(20,28)45-34(25,32)39)15-24(37)43-26(31)19-11-13-41-16-19/h9,11,13,15-16,20-21,25-28,39H,10,12,14H2,1-8H3/b17-9+/t20-,21+,25-,26+,27-,28-,31-,32-,33-,34?/m1/s1. The van der Waals surface area contributed by atoms with Gasteiger partial charge in [0.05, 0.1) is 25.6 Å². The van der Waals surface area contributed by atoms with Gasteiger partial charge in [0.15, 0.2) is 5.79 Å². The molecule has 3 aliphatic heterocycles. The van der Waals surface area contributed by atoms with E-state index in [0.29, 0.717) is 29.6 Å². The molecule has 6 rings (SSSR count). The lowest BCUT2D eigenvalue weighted by Crippen LogP contribution is -2.76. The zero-order chi connectivity index (χ0) is 32.9. The van der Waals surface area contributed by atoms with E-state index in [4.69, 9.17) is 28.1 Å². The summed E-state index contributed by atoms with van der Waals surface area (Å²) in [5.74, 6) is -6.52. The number of fused-ring (bicyclic) bond motifs is 2. The van der Waals surface area contributed by atoms with Gasteiger partial charge >= 0.3 is 23.9 Å². The second-order valence-corrected chi connectivity index (χ2v) is 14.3. The smallest absolute Gasteiger partial charge is 0.333 e. The Morgan fingerprint density at radius 3 is 2.42 bits per heavy atom. The van der Waals surface area contributed by atoms with Gasteiger partial charge in [0.1, 0.15) is 23.9 Å². The molecular weight excluding hydrogens is 584 g/mol. The molecule has 10 atom stereocenters. The highest BCUT2D eigenvalue weighted by atomic mass is 16.7. The fourth-order valence-corrected chi connectivity index (χ4v) is 9.94. The lowest BCUT2D eigenvalue weighted by Gasteiger charge is -2.66. The summed E-state index contributed by atoms with van der Waals surface area (Å²) in [5, 5.41) is 13.0. The van der Waals surface area contributed by atoms with Gasteiger partial charge in [0.25, 0.3) is 0 Å². The lowest BCUT2D eigenvalue weighted by atomic mass is 9.37. The van der Waals surface area contributed by atoms with Gasteiger partial charge in [-0.2, -0.15) is 0 Å². The maximum absolute atomic E-state index is 13.6. The number of carbonyl (C=O) groups excluding carboxylic acids is 4. The van der Waals surface area contributed by atoms with Crippen molar-refractivity contribution in [1.82, 2.24) is 0 Å². The van der Waals surface area contributed by atoms with E-state index in [-0.39, 0.29) is 6.42 Å². The van der Waals surface area contributed by atoms with E-state index >= 15 is 0 Å². The third-order valence-electron chi connectivity index (χ3n) is 12.0. The molecule has 11 heteroatoms. The van der Waals surface area contributed by atoms with Crippen LogP contribution in [0.2, 0.25) is 0 Å². The monoisotopic (exact) mass is 626 g/mol. The zero-order valence-electron chi connectivity index (χ0n) is 27.0. The molecule has 0 radical (unpaired) electrons. The average molecular weight is 627 g/mol. The molecule has 0 amide bonds. The zero-order valence-corrected chi connectivity index (χ0v) is 27.0. The molecule has 244 valence electrons. The topological polar surface area (TPSA) is 148 Å². The van der Waals surface area contributed by atoms with Crippen LogP contribution in [0.4, 0.5) is 0 Å². The van der Waals surface area contributed by atoms with Gasteiger partial charge in [-0.1, -0.05) is 33.8 Å². The number of hydrogen-bond donors (Lipinski definition) is 1. The SMILES string of the molecule is C/C=C(\C)C(=O)O[C@@H]1[C@H]2[C@@H](OC(C)=O)C(C)(C)[C@H](CC(=O)OC)[C@@]3(C)[C@H]4CC[C@]5(C)C(=CC(=O)O[C@H]5c5ccoc5)[C@@]14OC23O. The van der Waals surface area contributed by atoms with Crippen molar-refractivity contribution in [2.75, 3.05) is 7.11 Å². The number of esters is 4. The number of aliphatic hydroxyl groups is 1. The molecule has 1 spiro atoms. The molecular formula is C34H42O11. The van der Waals surface area contributed by atoms with Crippen LogP contribution in [0, 0.1) is 34.0 Å². The Labute approximate surface area is 262 Å². The van der Waals surface area contributed by atoms with Gasteiger partial charge in [-0.05, 0) is 44.2 Å². The Balaban J connectivity index is 1.63. The van der Waals surface area contributed by atoms with E-state index in [1.807, 2.05) is 27.7 Å². The first kappa shape index (κ1) is 31.5. The molecule has 11 nitrogen and oxygen atoms in total. The minimum atomic E-state index is -2.03. The van der Waals surface area contributed by atoms with Crippen molar-refractivity contribution in [3.05, 3.63) is 47.5 Å². The van der Waals surface area contributed by atoms with Gasteiger partial charge in [0.2, 0.25) is 0 Å². The van der Waals surface area contributed by atoms with E-state index in [2.05, 4.69) is 0 Å². The highest BCUT2D eigenvalue weighted by Gasteiger charge is 2.90. The van der Waals surface area contributed by atoms with Crippen LogP contribution >= 0.6 is 0 Å². The van der Waals surface area contributed by atoms with Crippen molar-refractivity contribution >= 4 is 23.9 Å². The summed E-state index contributed by atoms with van der Waals surface area (Å²) in [6.45, 7) is 12.3. The van der Waals surface area contributed by atoms with E-state index < -0.39 is 87.6 Å². The molecule has 1 aromatic heterocycles. The maximum Gasteiger partial charge on any atom is 0.333 e. The average Bonchev–Trinajstić information content (AvgIpc) is 3.64. The van der Waals surface area contributed by atoms with E-state index in [9.17, 15) is 24.3 Å². The Morgan fingerprint density at radius 1 is 1.11 bits per heavy atom. The molecule has 2 bridgehead atoms. The third kappa shape index (κ3) is 3.89.